The molecule has 0 aliphatic heterocycles. The number of halogens is 2. The van der Waals surface area contributed by atoms with E-state index in [0.29, 0.717) is 17.7 Å². The van der Waals surface area contributed by atoms with Crippen LogP contribution >= 0.6 is 0 Å². The van der Waals surface area contributed by atoms with Gasteiger partial charge in [0.25, 0.3) is 5.91 Å². The van der Waals surface area contributed by atoms with Gasteiger partial charge in [-0.05, 0) is 69.5 Å². The van der Waals surface area contributed by atoms with Crippen molar-refractivity contribution in [2.75, 3.05) is 0 Å². The van der Waals surface area contributed by atoms with E-state index in [-0.39, 0.29) is 35.6 Å². The molecule has 2 amide bonds. The molecule has 2 atom stereocenters. The molecule has 0 bridgehead atoms. The molecule has 1 aliphatic rings. The Bertz CT molecular complexity index is 900. The van der Waals surface area contributed by atoms with Crippen LogP contribution in [0.25, 0.3) is 0 Å². The average molecular weight is 416 g/mol. The number of carbonyl (C=O) groups excluding carboxylic acids is 2. The maximum Gasteiger partial charge on any atom is 0.251 e. The second kappa shape index (κ2) is 9.69. The summed E-state index contributed by atoms with van der Waals surface area (Å²) in [6.07, 6.45) is 3.17. The van der Waals surface area contributed by atoms with Crippen molar-refractivity contribution in [3.63, 3.8) is 0 Å². The Labute approximate surface area is 174 Å². The van der Waals surface area contributed by atoms with Crippen LogP contribution in [0.4, 0.5) is 8.78 Å². The molecule has 0 radical (unpaired) electrons. The number of rotatable bonds is 6. The summed E-state index contributed by atoms with van der Waals surface area (Å²) >= 11 is 0. The van der Waals surface area contributed by atoms with Crippen molar-refractivity contribution in [3.05, 3.63) is 59.7 Å². The lowest BCUT2D eigenvalue weighted by Crippen LogP contribution is -2.43. The van der Waals surface area contributed by atoms with Crippen LogP contribution in [0.3, 0.4) is 0 Å². The first-order valence-corrected chi connectivity index (χ1v) is 10.2. The van der Waals surface area contributed by atoms with Crippen molar-refractivity contribution in [2.45, 2.75) is 51.6 Å². The molecule has 1 fully saturated rings. The van der Waals surface area contributed by atoms with Crippen LogP contribution < -0.4 is 15.4 Å². The number of nitrogens with one attached hydrogen (secondary N) is 2. The monoisotopic (exact) mass is 416 g/mol. The Morgan fingerprint density at radius 2 is 1.80 bits per heavy atom. The van der Waals surface area contributed by atoms with Gasteiger partial charge < -0.3 is 15.4 Å². The number of hydrogen-bond acceptors (Lipinski definition) is 3. The van der Waals surface area contributed by atoms with Gasteiger partial charge in [-0.25, -0.2) is 8.78 Å². The standard InChI is InChI=1S/C23H26F2N2O3/c1-14(2)26-23(29)16-4-3-5-18(12-16)27-22(28)15-6-9-19(10-7-15)30-21-11-8-17(24)13-20(21)25/h6-11,13-14,16,18H,3-5,12H2,1-2H3,(H,26,29)(H,27,28). The molecule has 7 heteroatoms. The highest BCUT2D eigenvalue weighted by Gasteiger charge is 2.28. The van der Waals surface area contributed by atoms with Crippen LogP contribution in [0.2, 0.25) is 0 Å². The third kappa shape index (κ3) is 5.78. The van der Waals surface area contributed by atoms with Crippen LogP contribution in [0, 0.1) is 17.6 Å². The zero-order chi connectivity index (χ0) is 21.7. The van der Waals surface area contributed by atoms with E-state index in [0.717, 1.165) is 31.4 Å². The largest absolute Gasteiger partial charge is 0.454 e. The lowest BCUT2D eigenvalue weighted by atomic mass is 9.85. The summed E-state index contributed by atoms with van der Waals surface area (Å²) in [4.78, 5) is 24.8. The highest BCUT2D eigenvalue weighted by molar-refractivity contribution is 5.94. The summed E-state index contributed by atoms with van der Waals surface area (Å²) in [5, 5.41) is 5.93. The third-order valence-corrected chi connectivity index (χ3v) is 5.05. The van der Waals surface area contributed by atoms with Crippen LogP contribution in [0.5, 0.6) is 11.5 Å². The zero-order valence-corrected chi connectivity index (χ0v) is 17.1. The van der Waals surface area contributed by atoms with E-state index in [9.17, 15) is 18.4 Å². The topological polar surface area (TPSA) is 67.4 Å². The lowest BCUT2D eigenvalue weighted by molar-refractivity contribution is -0.126. The van der Waals surface area contributed by atoms with Gasteiger partial charge in [0, 0.05) is 29.6 Å². The molecule has 0 heterocycles. The number of amides is 2. The molecule has 0 saturated heterocycles. The second-order valence-corrected chi connectivity index (χ2v) is 7.90. The van der Waals surface area contributed by atoms with Crippen LogP contribution in [-0.4, -0.2) is 23.9 Å². The van der Waals surface area contributed by atoms with Gasteiger partial charge in [0.2, 0.25) is 5.91 Å². The van der Waals surface area contributed by atoms with E-state index in [2.05, 4.69) is 10.6 Å². The smallest absolute Gasteiger partial charge is 0.251 e. The summed E-state index contributed by atoms with van der Waals surface area (Å²) in [5.41, 5.74) is 0.440. The predicted octanol–water partition coefficient (Wildman–Crippen LogP) is 4.57. The molecule has 2 aromatic carbocycles. The fourth-order valence-corrected chi connectivity index (χ4v) is 3.59. The summed E-state index contributed by atoms with van der Waals surface area (Å²) in [5.74, 6) is -1.53. The summed E-state index contributed by atoms with van der Waals surface area (Å²) < 4.78 is 32.1. The van der Waals surface area contributed by atoms with Crippen LogP contribution in [-0.2, 0) is 4.79 Å². The zero-order valence-electron chi connectivity index (χ0n) is 17.1. The van der Waals surface area contributed by atoms with Gasteiger partial charge in [-0.1, -0.05) is 6.42 Å². The molecule has 2 aromatic rings. The molecule has 160 valence electrons. The van der Waals surface area contributed by atoms with Crippen molar-refractivity contribution in [1.29, 1.82) is 0 Å². The molecular formula is C23H26F2N2O3. The minimum atomic E-state index is -0.801. The SMILES string of the molecule is CC(C)NC(=O)C1CCCC(NC(=O)c2ccc(Oc3ccc(F)cc3F)cc2)C1. The first-order chi connectivity index (χ1) is 14.3. The minimum absolute atomic E-state index is 0.0403. The van der Waals surface area contributed by atoms with E-state index in [1.54, 1.807) is 24.3 Å². The Hall–Kier alpha value is -2.96. The highest BCUT2D eigenvalue weighted by atomic mass is 19.1. The van der Waals surface area contributed by atoms with E-state index >= 15 is 0 Å². The molecule has 2 N–H and O–H groups in total. The Balaban J connectivity index is 1.57. The molecule has 0 aromatic heterocycles. The van der Waals surface area contributed by atoms with E-state index in [4.69, 9.17) is 4.74 Å². The molecule has 1 saturated carbocycles. The summed E-state index contributed by atoms with van der Waals surface area (Å²) in [6.45, 7) is 3.86. The molecule has 5 nitrogen and oxygen atoms in total. The second-order valence-electron chi connectivity index (χ2n) is 7.90. The van der Waals surface area contributed by atoms with Crippen molar-refractivity contribution < 1.29 is 23.1 Å². The van der Waals surface area contributed by atoms with Gasteiger partial charge in [0.15, 0.2) is 11.6 Å². The van der Waals surface area contributed by atoms with Gasteiger partial charge in [-0.2, -0.15) is 0 Å². The first-order valence-electron chi connectivity index (χ1n) is 10.2. The summed E-state index contributed by atoms with van der Waals surface area (Å²) in [7, 11) is 0. The molecule has 0 spiro atoms. The maximum absolute atomic E-state index is 13.7. The molecule has 2 unspecified atom stereocenters. The van der Waals surface area contributed by atoms with Gasteiger partial charge >= 0.3 is 0 Å². The van der Waals surface area contributed by atoms with Crippen LogP contribution in [0.15, 0.2) is 42.5 Å². The van der Waals surface area contributed by atoms with Gasteiger partial charge in [0.1, 0.15) is 11.6 Å². The molecule has 30 heavy (non-hydrogen) atoms. The Morgan fingerprint density at radius 3 is 2.47 bits per heavy atom. The van der Waals surface area contributed by atoms with Crippen molar-refractivity contribution in [3.8, 4) is 11.5 Å². The normalized spacial score (nSPS) is 18.7. The molecule has 3 rings (SSSR count). The maximum atomic E-state index is 13.7. The van der Waals surface area contributed by atoms with Gasteiger partial charge in [-0.15, -0.1) is 0 Å². The van der Waals surface area contributed by atoms with Crippen molar-refractivity contribution >= 4 is 11.8 Å². The van der Waals surface area contributed by atoms with E-state index in [1.807, 2.05) is 13.8 Å². The van der Waals surface area contributed by atoms with Gasteiger partial charge in [0.05, 0.1) is 0 Å². The average Bonchev–Trinajstić information content (AvgIpc) is 2.70. The fourth-order valence-electron chi connectivity index (χ4n) is 3.59. The fraction of sp³-hybridized carbons (Fsp3) is 0.391. The van der Waals surface area contributed by atoms with E-state index in [1.165, 1.54) is 6.07 Å². The summed E-state index contributed by atoms with van der Waals surface area (Å²) in [6, 6.07) is 9.37. The lowest BCUT2D eigenvalue weighted by Gasteiger charge is -2.29. The first kappa shape index (κ1) is 21.7. The molecule has 1 aliphatic carbocycles. The quantitative estimate of drug-likeness (QED) is 0.725. The third-order valence-electron chi connectivity index (χ3n) is 5.05. The number of hydrogen-bond donors (Lipinski definition) is 2. The number of carbonyl (C=O) groups is 2. The molecular weight excluding hydrogens is 390 g/mol. The minimum Gasteiger partial charge on any atom is -0.454 e. The van der Waals surface area contributed by atoms with Crippen molar-refractivity contribution in [1.82, 2.24) is 10.6 Å². The predicted molar refractivity (Wildman–Crippen MR) is 109 cm³/mol. The van der Waals surface area contributed by atoms with Gasteiger partial charge in [-0.3, -0.25) is 9.59 Å². The number of benzene rings is 2. The van der Waals surface area contributed by atoms with Crippen LogP contribution in [0.1, 0.15) is 49.9 Å². The Morgan fingerprint density at radius 1 is 1.07 bits per heavy atom. The van der Waals surface area contributed by atoms with Crippen molar-refractivity contribution in [2.24, 2.45) is 5.92 Å². The number of ether oxygens (including phenoxy) is 1. The highest BCUT2D eigenvalue weighted by Crippen LogP contribution is 2.27. The van der Waals surface area contributed by atoms with E-state index < -0.39 is 11.6 Å². The Kier molecular flexibility index (Phi) is 7.03.